The predicted octanol–water partition coefficient (Wildman–Crippen LogP) is 5.61. The van der Waals surface area contributed by atoms with Gasteiger partial charge in [0, 0.05) is 29.8 Å². The first-order valence-electron chi connectivity index (χ1n) is 10.9. The third kappa shape index (κ3) is 5.17. The zero-order valence-electron chi connectivity index (χ0n) is 18.7. The van der Waals surface area contributed by atoms with Gasteiger partial charge in [-0.3, -0.25) is 4.79 Å². The zero-order valence-corrected chi connectivity index (χ0v) is 19.5. The van der Waals surface area contributed by atoms with Gasteiger partial charge in [0.15, 0.2) is 0 Å². The fraction of sp³-hybridized carbons (Fsp3) is 0.333. The summed E-state index contributed by atoms with van der Waals surface area (Å²) in [6, 6.07) is 7.69. The van der Waals surface area contributed by atoms with Crippen LogP contribution >= 0.6 is 11.6 Å². The number of fused-ring (bicyclic) bond motifs is 1. The van der Waals surface area contributed by atoms with Crippen molar-refractivity contribution in [1.29, 1.82) is 0 Å². The molecule has 0 aliphatic carbocycles. The van der Waals surface area contributed by atoms with Crippen LogP contribution in [0.4, 0.5) is 0 Å². The van der Waals surface area contributed by atoms with Gasteiger partial charge in [0.1, 0.15) is 5.02 Å². The number of nitrogens with zero attached hydrogens (tertiary/aromatic N) is 3. The van der Waals surface area contributed by atoms with Gasteiger partial charge < -0.3 is 19.0 Å². The standard InChI is InChI=1S/C24H25ClN4O4/c1-4-31-20(30)7-5-6-15-8-9-18(21-17(15)10-11-26-21)22-28-23(33-29-22)16-12-19(25)24(27-13-16)32-14(2)3/h8-14,26H,4-7H2,1-3H3. The summed E-state index contributed by atoms with van der Waals surface area (Å²) in [6.07, 6.45) is 5.31. The Kier molecular flexibility index (Phi) is 6.93. The quantitative estimate of drug-likeness (QED) is 0.318. The van der Waals surface area contributed by atoms with Crippen LogP contribution in [0.1, 0.15) is 39.2 Å². The molecule has 0 spiro atoms. The molecule has 9 heteroatoms. The summed E-state index contributed by atoms with van der Waals surface area (Å²) in [5.74, 6) is 0.960. The third-order valence-corrected chi connectivity index (χ3v) is 5.29. The number of hydrogen-bond acceptors (Lipinski definition) is 7. The van der Waals surface area contributed by atoms with Gasteiger partial charge in [0.05, 0.1) is 23.8 Å². The third-order valence-electron chi connectivity index (χ3n) is 5.01. The molecule has 33 heavy (non-hydrogen) atoms. The van der Waals surface area contributed by atoms with Gasteiger partial charge in [0.2, 0.25) is 11.7 Å². The summed E-state index contributed by atoms with van der Waals surface area (Å²) in [5, 5.41) is 5.59. The van der Waals surface area contributed by atoms with Crippen LogP contribution in [0.5, 0.6) is 5.88 Å². The maximum atomic E-state index is 11.6. The summed E-state index contributed by atoms with van der Waals surface area (Å²) in [7, 11) is 0. The number of carbonyl (C=O) groups is 1. The molecule has 0 fully saturated rings. The molecule has 8 nitrogen and oxygen atoms in total. The summed E-state index contributed by atoms with van der Waals surface area (Å²) in [6.45, 7) is 6.03. The summed E-state index contributed by atoms with van der Waals surface area (Å²) < 4.78 is 16.1. The minimum absolute atomic E-state index is 0.0350. The SMILES string of the molecule is CCOC(=O)CCCc1ccc(-c2noc(-c3cnc(OC(C)C)c(Cl)c3)n2)c2[nH]ccc12. The molecule has 4 aromatic rings. The van der Waals surface area contributed by atoms with Crippen LogP contribution in [0.2, 0.25) is 5.02 Å². The van der Waals surface area contributed by atoms with E-state index in [9.17, 15) is 4.79 Å². The molecule has 0 radical (unpaired) electrons. The lowest BCUT2D eigenvalue weighted by atomic mass is 10.0. The molecule has 0 saturated heterocycles. The molecular weight excluding hydrogens is 444 g/mol. The van der Waals surface area contributed by atoms with E-state index in [1.54, 1.807) is 12.3 Å². The summed E-state index contributed by atoms with van der Waals surface area (Å²) in [4.78, 5) is 23.7. The van der Waals surface area contributed by atoms with Crippen molar-refractivity contribution in [2.75, 3.05) is 6.61 Å². The van der Waals surface area contributed by atoms with Crippen LogP contribution in [0, 0.1) is 0 Å². The van der Waals surface area contributed by atoms with Crippen LogP contribution in [0.25, 0.3) is 33.7 Å². The van der Waals surface area contributed by atoms with Crippen LogP contribution < -0.4 is 4.74 Å². The van der Waals surface area contributed by atoms with Crippen molar-refractivity contribution < 1.29 is 18.8 Å². The molecule has 3 aromatic heterocycles. The monoisotopic (exact) mass is 468 g/mol. The summed E-state index contributed by atoms with van der Waals surface area (Å²) in [5.41, 5.74) is 3.47. The zero-order chi connectivity index (χ0) is 23.4. The average Bonchev–Trinajstić information content (AvgIpc) is 3.45. The van der Waals surface area contributed by atoms with Gasteiger partial charge >= 0.3 is 5.97 Å². The second kappa shape index (κ2) is 10.0. The Morgan fingerprint density at radius 1 is 1.27 bits per heavy atom. The van der Waals surface area contributed by atoms with E-state index >= 15 is 0 Å². The summed E-state index contributed by atoms with van der Waals surface area (Å²) >= 11 is 6.30. The Bertz CT molecular complexity index is 1260. The minimum atomic E-state index is -0.169. The first-order chi connectivity index (χ1) is 16.0. The first kappa shape index (κ1) is 22.8. The van der Waals surface area contributed by atoms with E-state index < -0.39 is 0 Å². The normalized spacial score (nSPS) is 11.3. The van der Waals surface area contributed by atoms with Gasteiger partial charge in [-0.2, -0.15) is 4.98 Å². The second-order valence-electron chi connectivity index (χ2n) is 7.80. The highest BCUT2D eigenvalue weighted by molar-refractivity contribution is 6.32. The lowest BCUT2D eigenvalue weighted by molar-refractivity contribution is -0.143. The van der Waals surface area contributed by atoms with Gasteiger partial charge in [-0.25, -0.2) is 4.98 Å². The van der Waals surface area contributed by atoms with Crippen molar-refractivity contribution >= 4 is 28.5 Å². The van der Waals surface area contributed by atoms with Gasteiger partial charge in [-0.05, 0) is 57.4 Å². The molecule has 0 saturated carbocycles. The maximum Gasteiger partial charge on any atom is 0.305 e. The highest BCUT2D eigenvalue weighted by atomic mass is 35.5. The first-order valence-corrected chi connectivity index (χ1v) is 11.2. The number of halogens is 1. The van der Waals surface area contributed by atoms with E-state index in [2.05, 4.69) is 20.1 Å². The number of H-pyrrole nitrogens is 1. The number of rotatable bonds is 9. The number of aryl methyl sites for hydroxylation is 1. The van der Waals surface area contributed by atoms with Gasteiger partial charge in [-0.15, -0.1) is 0 Å². The van der Waals surface area contributed by atoms with Crippen molar-refractivity contribution in [3.63, 3.8) is 0 Å². The molecule has 0 atom stereocenters. The second-order valence-corrected chi connectivity index (χ2v) is 8.21. The number of nitrogens with one attached hydrogen (secondary N) is 1. The highest BCUT2D eigenvalue weighted by Gasteiger charge is 2.17. The molecule has 0 unspecified atom stereocenters. The molecule has 172 valence electrons. The largest absolute Gasteiger partial charge is 0.474 e. The number of benzene rings is 1. The Labute approximate surface area is 196 Å². The van der Waals surface area contributed by atoms with Crippen LogP contribution in [0.3, 0.4) is 0 Å². The van der Waals surface area contributed by atoms with E-state index in [0.29, 0.717) is 41.2 Å². The van der Waals surface area contributed by atoms with E-state index in [1.807, 2.05) is 45.2 Å². The van der Waals surface area contributed by atoms with Crippen LogP contribution in [0.15, 0.2) is 41.2 Å². The van der Waals surface area contributed by atoms with E-state index in [1.165, 1.54) is 0 Å². The average molecular weight is 469 g/mol. The lowest BCUT2D eigenvalue weighted by Gasteiger charge is -2.09. The van der Waals surface area contributed by atoms with E-state index in [-0.39, 0.29) is 12.1 Å². The van der Waals surface area contributed by atoms with Crippen LogP contribution in [-0.2, 0) is 16.0 Å². The molecular formula is C24H25ClN4O4. The van der Waals surface area contributed by atoms with E-state index in [4.69, 9.17) is 25.6 Å². The topological polar surface area (TPSA) is 103 Å². The molecule has 1 aromatic carbocycles. The number of hydrogen-bond donors (Lipinski definition) is 1. The lowest BCUT2D eigenvalue weighted by Crippen LogP contribution is -2.07. The number of carbonyl (C=O) groups excluding carboxylic acids is 1. The van der Waals surface area contributed by atoms with Crippen molar-refractivity contribution in [2.45, 2.75) is 46.1 Å². The number of aromatic nitrogens is 4. The molecule has 0 aliphatic heterocycles. The molecule has 3 heterocycles. The Morgan fingerprint density at radius 3 is 2.88 bits per heavy atom. The van der Waals surface area contributed by atoms with Gasteiger partial charge in [0.25, 0.3) is 5.89 Å². The molecule has 0 bridgehead atoms. The van der Waals surface area contributed by atoms with Crippen molar-refractivity contribution in [3.8, 4) is 28.7 Å². The molecule has 1 N–H and O–H groups in total. The van der Waals surface area contributed by atoms with Gasteiger partial charge in [-0.1, -0.05) is 22.8 Å². The number of pyridine rings is 1. The predicted molar refractivity (Wildman–Crippen MR) is 125 cm³/mol. The fourth-order valence-corrected chi connectivity index (χ4v) is 3.79. The molecule has 4 rings (SSSR count). The minimum Gasteiger partial charge on any atom is -0.474 e. The number of esters is 1. The number of aromatic amines is 1. The van der Waals surface area contributed by atoms with Crippen LogP contribution in [-0.4, -0.2) is 38.8 Å². The smallest absolute Gasteiger partial charge is 0.305 e. The Morgan fingerprint density at radius 2 is 2.12 bits per heavy atom. The Balaban J connectivity index is 1.55. The number of ether oxygens (including phenoxy) is 2. The fourth-order valence-electron chi connectivity index (χ4n) is 3.58. The van der Waals surface area contributed by atoms with Crippen molar-refractivity contribution in [1.82, 2.24) is 20.1 Å². The van der Waals surface area contributed by atoms with E-state index in [0.717, 1.165) is 34.9 Å². The maximum absolute atomic E-state index is 11.6. The van der Waals surface area contributed by atoms with Crippen molar-refractivity contribution in [2.24, 2.45) is 0 Å². The molecule has 0 aliphatic rings. The molecule has 0 amide bonds. The van der Waals surface area contributed by atoms with Crippen molar-refractivity contribution in [3.05, 3.63) is 47.2 Å². The Hall–Kier alpha value is -3.39. The highest BCUT2D eigenvalue weighted by Crippen LogP contribution is 2.32.